The number of esters is 1. The lowest BCUT2D eigenvalue weighted by atomic mass is 10.0. The molecule has 2 aromatic carbocycles. The SMILES string of the molecule is CCCOc1ccc(-c2csc(NC(=O)c3ccc(C=O)cc3)c2C(=O)OCC)cc1. The highest BCUT2D eigenvalue weighted by Crippen LogP contribution is 2.37. The molecule has 0 radical (unpaired) electrons. The Labute approximate surface area is 184 Å². The van der Waals surface area contributed by atoms with Crippen molar-refractivity contribution in [3.05, 3.63) is 70.6 Å². The van der Waals surface area contributed by atoms with Crippen LogP contribution in [-0.2, 0) is 4.74 Å². The third kappa shape index (κ3) is 5.38. The van der Waals surface area contributed by atoms with Crippen molar-refractivity contribution in [3.8, 4) is 16.9 Å². The maximum absolute atomic E-state index is 12.7. The van der Waals surface area contributed by atoms with Crippen LogP contribution in [0.3, 0.4) is 0 Å². The van der Waals surface area contributed by atoms with Crippen LogP contribution in [0.2, 0.25) is 0 Å². The van der Waals surface area contributed by atoms with E-state index in [4.69, 9.17) is 9.47 Å². The van der Waals surface area contributed by atoms with Crippen LogP contribution < -0.4 is 10.1 Å². The molecule has 3 aromatic rings. The summed E-state index contributed by atoms with van der Waals surface area (Å²) in [5.41, 5.74) is 2.67. The van der Waals surface area contributed by atoms with Crippen molar-refractivity contribution in [3.63, 3.8) is 0 Å². The highest BCUT2D eigenvalue weighted by Gasteiger charge is 2.23. The lowest BCUT2D eigenvalue weighted by molar-refractivity contribution is 0.0529. The summed E-state index contributed by atoms with van der Waals surface area (Å²) in [5.74, 6) is -0.123. The van der Waals surface area contributed by atoms with E-state index in [1.807, 2.05) is 36.6 Å². The van der Waals surface area contributed by atoms with Crippen molar-refractivity contribution in [2.24, 2.45) is 0 Å². The zero-order chi connectivity index (χ0) is 22.2. The smallest absolute Gasteiger partial charge is 0.341 e. The Hall–Kier alpha value is -3.45. The molecule has 31 heavy (non-hydrogen) atoms. The molecule has 0 aliphatic heterocycles. The second kappa shape index (κ2) is 10.5. The first-order valence-electron chi connectivity index (χ1n) is 9.95. The van der Waals surface area contributed by atoms with E-state index >= 15 is 0 Å². The van der Waals surface area contributed by atoms with Crippen molar-refractivity contribution in [2.45, 2.75) is 20.3 Å². The highest BCUT2D eigenvalue weighted by molar-refractivity contribution is 7.15. The molecular formula is C24H23NO5S. The van der Waals surface area contributed by atoms with Gasteiger partial charge in [0.15, 0.2) is 0 Å². The van der Waals surface area contributed by atoms with Gasteiger partial charge in [0.1, 0.15) is 22.6 Å². The molecule has 7 heteroatoms. The van der Waals surface area contributed by atoms with Crippen LogP contribution in [0.5, 0.6) is 5.75 Å². The molecule has 0 spiro atoms. The largest absolute Gasteiger partial charge is 0.494 e. The van der Waals surface area contributed by atoms with Crippen LogP contribution >= 0.6 is 11.3 Å². The van der Waals surface area contributed by atoms with Gasteiger partial charge in [0.2, 0.25) is 0 Å². The highest BCUT2D eigenvalue weighted by atomic mass is 32.1. The Morgan fingerprint density at radius 1 is 1.03 bits per heavy atom. The minimum Gasteiger partial charge on any atom is -0.494 e. The Morgan fingerprint density at radius 2 is 1.74 bits per heavy atom. The number of carbonyl (C=O) groups excluding carboxylic acids is 3. The number of rotatable bonds is 9. The second-order valence-corrected chi connectivity index (χ2v) is 7.52. The lowest BCUT2D eigenvalue weighted by Gasteiger charge is -2.10. The predicted molar refractivity (Wildman–Crippen MR) is 121 cm³/mol. The average molecular weight is 438 g/mol. The van der Waals surface area contributed by atoms with E-state index in [1.54, 1.807) is 31.2 Å². The number of ether oxygens (including phenoxy) is 2. The van der Waals surface area contributed by atoms with E-state index < -0.39 is 5.97 Å². The molecule has 0 bridgehead atoms. The van der Waals surface area contributed by atoms with Gasteiger partial charge in [-0.1, -0.05) is 31.2 Å². The standard InChI is InChI=1S/C24H23NO5S/c1-3-13-30-19-11-9-17(10-12-19)20-15-31-23(21(20)24(28)29-4-2)25-22(27)18-7-5-16(14-26)6-8-18/h5-12,14-15H,3-4,13H2,1-2H3,(H,25,27). The number of amides is 1. The third-order valence-electron chi connectivity index (χ3n) is 4.44. The van der Waals surface area contributed by atoms with Crippen molar-refractivity contribution in [1.29, 1.82) is 0 Å². The van der Waals surface area contributed by atoms with E-state index in [2.05, 4.69) is 5.32 Å². The number of thiophene rings is 1. The van der Waals surface area contributed by atoms with E-state index in [0.29, 0.717) is 40.1 Å². The van der Waals surface area contributed by atoms with E-state index in [-0.39, 0.29) is 12.5 Å². The van der Waals surface area contributed by atoms with Crippen LogP contribution in [-0.4, -0.2) is 31.4 Å². The maximum atomic E-state index is 12.7. The van der Waals surface area contributed by atoms with Gasteiger partial charge in [0.25, 0.3) is 5.91 Å². The first-order valence-corrected chi connectivity index (χ1v) is 10.8. The van der Waals surface area contributed by atoms with Crippen LogP contribution in [0.25, 0.3) is 11.1 Å². The molecule has 0 atom stereocenters. The first kappa shape index (κ1) is 22.2. The fraction of sp³-hybridized carbons (Fsp3) is 0.208. The summed E-state index contributed by atoms with van der Waals surface area (Å²) in [6.45, 7) is 4.63. The summed E-state index contributed by atoms with van der Waals surface area (Å²) < 4.78 is 10.9. The number of aldehydes is 1. The van der Waals surface area contributed by atoms with Crippen LogP contribution in [0.15, 0.2) is 53.9 Å². The van der Waals surface area contributed by atoms with Crippen LogP contribution in [0.4, 0.5) is 5.00 Å². The average Bonchev–Trinajstić information content (AvgIpc) is 3.21. The monoisotopic (exact) mass is 437 g/mol. The summed E-state index contributed by atoms with van der Waals surface area (Å²) >= 11 is 1.25. The van der Waals surface area contributed by atoms with E-state index in [0.717, 1.165) is 17.7 Å². The van der Waals surface area contributed by atoms with Crippen LogP contribution in [0.1, 0.15) is 51.3 Å². The molecule has 3 rings (SSSR count). The van der Waals surface area contributed by atoms with Gasteiger partial charge in [0, 0.05) is 22.1 Å². The Kier molecular flexibility index (Phi) is 7.56. The number of carbonyl (C=O) groups is 3. The quantitative estimate of drug-likeness (QED) is 0.356. The zero-order valence-corrected chi connectivity index (χ0v) is 18.2. The molecule has 160 valence electrons. The molecule has 0 unspecified atom stereocenters. The molecule has 1 heterocycles. The van der Waals surface area contributed by atoms with Crippen molar-refractivity contribution in [2.75, 3.05) is 18.5 Å². The summed E-state index contributed by atoms with van der Waals surface area (Å²) in [7, 11) is 0. The summed E-state index contributed by atoms with van der Waals surface area (Å²) in [6, 6.07) is 13.7. The molecular weight excluding hydrogens is 414 g/mol. The molecule has 1 aromatic heterocycles. The molecule has 1 N–H and O–H groups in total. The summed E-state index contributed by atoms with van der Waals surface area (Å²) in [5, 5.41) is 5.02. The first-order chi connectivity index (χ1) is 15.1. The van der Waals surface area contributed by atoms with Crippen molar-refractivity contribution >= 4 is 34.5 Å². The Bertz CT molecular complexity index is 1050. The van der Waals surface area contributed by atoms with Gasteiger partial charge in [-0.2, -0.15) is 0 Å². The molecule has 6 nitrogen and oxygen atoms in total. The van der Waals surface area contributed by atoms with Gasteiger partial charge < -0.3 is 14.8 Å². The number of hydrogen-bond donors (Lipinski definition) is 1. The van der Waals surface area contributed by atoms with Gasteiger partial charge in [-0.3, -0.25) is 9.59 Å². The van der Waals surface area contributed by atoms with Gasteiger partial charge >= 0.3 is 5.97 Å². The minimum absolute atomic E-state index is 0.221. The third-order valence-corrected chi connectivity index (χ3v) is 5.34. The van der Waals surface area contributed by atoms with Gasteiger partial charge in [0.05, 0.1) is 13.2 Å². The van der Waals surface area contributed by atoms with Gasteiger partial charge in [-0.05, 0) is 43.2 Å². The molecule has 0 aliphatic rings. The zero-order valence-electron chi connectivity index (χ0n) is 17.3. The van der Waals surface area contributed by atoms with Gasteiger partial charge in [-0.15, -0.1) is 11.3 Å². The Balaban J connectivity index is 1.90. The Morgan fingerprint density at radius 3 is 2.35 bits per heavy atom. The topological polar surface area (TPSA) is 81.7 Å². The number of hydrogen-bond acceptors (Lipinski definition) is 6. The van der Waals surface area contributed by atoms with Crippen molar-refractivity contribution < 1.29 is 23.9 Å². The normalized spacial score (nSPS) is 10.4. The molecule has 0 fully saturated rings. The summed E-state index contributed by atoms with van der Waals surface area (Å²) in [6.07, 6.45) is 1.63. The number of benzene rings is 2. The van der Waals surface area contributed by atoms with Crippen molar-refractivity contribution in [1.82, 2.24) is 0 Å². The number of nitrogens with one attached hydrogen (secondary N) is 1. The van der Waals surface area contributed by atoms with Gasteiger partial charge in [-0.25, -0.2) is 4.79 Å². The maximum Gasteiger partial charge on any atom is 0.341 e. The molecule has 0 aliphatic carbocycles. The second-order valence-electron chi connectivity index (χ2n) is 6.64. The fourth-order valence-corrected chi connectivity index (χ4v) is 3.86. The minimum atomic E-state index is -0.503. The molecule has 0 saturated heterocycles. The van der Waals surface area contributed by atoms with Crippen LogP contribution in [0, 0.1) is 0 Å². The van der Waals surface area contributed by atoms with E-state index in [1.165, 1.54) is 11.3 Å². The predicted octanol–water partition coefficient (Wildman–Crippen LogP) is 5.45. The molecule has 0 saturated carbocycles. The summed E-state index contributed by atoms with van der Waals surface area (Å²) in [4.78, 5) is 36.2. The fourth-order valence-electron chi connectivity index (χ4n) is 2.91. The molecule has 1 amide bonds. The number of anilines is 1. The van der Waals surface area contributed by atoms with E-state index in [9.17, 15) is 14.4 Å². The lowest BCUT2D eigenvalue weighted by Crippen LogP contribution is -2.14.